The molecule has 1 heterocycles. The van der Waals surface area contributed by atoms with E-state index in [2.05, 4.69) is 10.2 Å². The van der Waals surface area contributed by atoms with Crippen molar-refractivity contribution in [2.75, 3.05) is 27.2 Å². The number of hydrogen-bond acceptors (Lipinski definition) is 4. The minimum atomic E-state index is -0.283. The van der Waals surface area contributed by atoms with Gasteiger partial charge in [-0.05, 0) is 31.0 Å². The first-order valence-electron chi connectivity index (χ1n) is 8.30. The molecule has 0 saturated heterocycles. The van der Waals surface area contributed by atoms with Crippen LogP contribution in [0.5, 0.6) is 0 Å². The fourth-order valence-corrected chi connectivity index (χ4v) is 2.53. The van der Waals surface area contributed by atoms with Gasteiger partial charge >= 0.3 is 0 Å². The summed E-state index contributed by atoms with van der Waals surface area (Å²) in [6, 6.07) is 8.25. The number of ether oxygens (including phenoxy) is 1. The van der Waals surface area contributed by atoms with Gasteiger partial charge < -0.3 is 15.4 Å². The molecule has 0 aliphatic heterocycles. The van der Waals surface area contributed by atoms with Crippen LogP contribution in [0.25, 0.3) is 11.3 Å². The molecule has 0 saturated carbocycles. The van der Waals surface area contributed by atoms with Gasteiger partial charge in [-0.1, -0.05) is 12.1 Å². The van der Waals surface area contributed by atoms with Gasteiger partial charge in [0.25, 0.3) is 0 Å². The van der Waals surface area contributed by atoms with Gasteiger partial charge in [-0.15, -0.1) is 0 Å². The maximum atomic E-state index is 13.3. The predicted octanol–water partition coefficient (Wildman–Crippen LogP) is 1.97. The minimum absolute atomic E-state index is 0.0161. The first-order valence-corrected chi connectivity index (χ1v) is 8.30. The first kappa shape index (κ1) is 19.1. The standard InChI is InChI=1S/C18H25FN4O2/c1-23(18(24)11-16(12-20)25-2)8-4-7-15-10-17(22-21-15)13-5-3-6-14(19)9-13/h3,5-6,9-10,16H,4,7-8,11-12,20H2,1-2H3,(H,21,22). The Hall–Kier alpha value is -2.25. The van der Waals surface area contributed by atoms with Crippen LogP contribution < -0.4 is 5.73 Å². The summed E-state index contributed by atoms with van der Waals surface area (Å²) < 4.78 is 18.4. The molecule has 0 fully saturated rings. The van der Waals surface area contributed by atoms with Crippen LogP contribution in [-0.2, 0) is 16.0 Å². The predicted molar refractivity (Wildman–Crippen MR) is 94.4 cm³/mol. The fraction of sp³-hybridized carbons (Fsp3) is 0.444. The van der Waals surface area contributed by atoms with E-state index in [0.29, 0.717) is 18.8 Å². The van der Waals surface area contributed by atoms with Gasteiger partial charge in [-0.25, -0.2) is 4.39 Å². The highest BCUT2D eigenvalue weighted by atomic mass is 19.1. The minimum Gasteiger partial charge on any atom is -0.380 e. The number of benzene rings is 1. The Morgan fingerprint density at radius 1 is 1.44 bits per heavy atom. The summed E-state index contributed by atoms with van der Waals surface area (Å²) in [7, 11) is 3.33. The topological polar surface area (TPSA) is 84.2 Å². The smallest absolute Gasteiger partial charge is 0.224 e. The molecule has 1 aromatic heterocycles. The number of H-pyrrole nitrogens is 1. The van der Waals surface area contributed by atoms with Crippen LogP contribution in [0.2, 0.25) is 0 Å². The number of nitrogens with zero attached hydrogens (tertiary/aromatic N) is 2. The number of aryl methyl sites for hydroxylation is 1. The van der Waals surface area contributed by atoms with Crippen LogP contribution in [0.15, 0.2) is 30.3 Å². The number of rotatable bonds is 9. The molecule has 3 N–H and O–H groups in total. The van der Waals surface area contributed by atoms with Crippen molar-refractivity contribution in [1.82, 2.24) is 15.1 Å². The van der Waals surface area contributed by atoms with Crippen molar-refractivity contribution >= 4 is 5.91 Å². The molecule has 6 nitrogen and oxygen atoms in total. The number of hydrogen-bond donors (Lipinski definition) is 2. The molecule has 0 spiro atoms. The molecule has 136 valence electrons. The van der Waals surface area contributed by atoms with Crippen molar-refractivity contribution in [1.29, 1.82) is 0 Å². The Labute approximate surface area is 147 Å². The van der Waals surface area contributed by atoms with E-state index in [-0.39, 0.29) is 24.2 Å². The van der Waals surface area contributed by atoms with Gasteiger partial charge in [0.1, 0.15) is 5.82 Å². The Morgan fingerprint density at radius 2 is 2.24 bits per heavy atom. The summed E-state index contributed by atoms with van der Waals surface area (Å²) >= 11 is 0. The van der Waals surface area contributed by atoms with Gasteiger partial charge in [0.15, 0.2) is 0 Å². The van der Waals surface area contributed by atoms with E-state index in [4.69, 9.17) is 10.5 Å². The number of aromatic amines is 1. The fourth-order valence-electron chi connectivity index (χ4n) is 2.53. The van der Waals surface area contributed by atoms with Crippen molar-refractivity contribution in [3.63, 3.8) is 0 Å². The third kappa shape index (κ3) is 5.65. The number of carbonyl (C=O) groups is 1. The maximum Gasteiger partial charge on any atom is 0.224 e. The SMILES string of the molecule is COC(CN)CC(=O)N(C)CCCc1cc(-c2cccc(F)c2)n[nH]1. The molecule has 1 unspecified atom stereocenters. The normalized spacial score (nSPS) is 12.2. The van der Waals surface area contributed by atoms with Crippen molar-refractivity contribution < 1.29 is 13.9 Å². The number of aromatic nitrogens is 2. The Balaban J connectivity index is 1.81. The van der Waals surface area contributed by atoms with E-state index in [1.54, 1.807) is 25.1 Å². The van der Waals surface area contributed by atoms with E-state index < -0.39 is 0 Å². The van der Waals surface area contributed by atoms with E-state index in [1.165, 1.54) is 12.1 Å². The quantitative estimate of drug-likeness (QED) is 0.726. The van der Waals surface area contributed by atoms with E-state index >= 15 is 0 Å². The molecule has 25 heavy (non-hydrogen) atoms. The van der Waals surface area contributed by atoms with Crippen molar-refractivity contribution in [3.8, 4) is 11.3 Å². The first-order chi connectivity index (χ1) is 12.0. The lowest BCUT2D eigenvalue weighted by atomic mass is 10.1. The summed E-state index contributed by atoms with van der Waals surface area (Å²) in [5.74, 6) is -0.267. The lowest BCUT2D eigenvalue weighted by molar-refractivity contribution is -0.132. The third-order valence-corrected chi connectivity index (χ3v) is 4.12. The molecule has 7 heteroatoms. The second-order valence-corrected chi connectivity index (χ2v) is 6.01. The monoisotopic (exact) mass is 348 g/mol. The van der Waals surface area contributed by atoms with Crippen LogP contribution in [-0.4, -0.2) is 54.4 Å². The highest BCUT2D eigenvalue weighted by Crippen LogP contribution is 2.19. The van der Waals surface area contributed by atoms with E-state index in [9.17, 15) is 9.18 Å². The van der Waals surface area contributed by atoms with Crippen molar-refractivity contribution in [2.45, 2.75) is 25.4 Å². The summed E-state index contributed by atoms with van der Waals surface area (Å²) in [5, 5.41) is 7.18. The molecular formula is C18H25FN4O2. The Bertz CT molecular complexity index is 685. The lowest BCUT2D eigenvalue weighted by Crippen LogP contribution is -2.34. The average Bonchev–Trinajstić information content (AvgIpc) is 3.08. The zero-order chi connectivity index (χ0) is 18.2. The maximum absolute atomic E-state index is 13.3. The highest BCUT2D eigenvalue weighted by Gasteiger charge is 2.15. The molecule has 1 atom stereocenters. The summed E-state index contributed by atoms with van der Waals surface area (Å²) in [6.45, 7) is 0.960. The summed E-state index contributed by atoms with van der Waals surface area (Å²) in [4.78, 5) is 13.8. The van der Waals surface area contributed by atoms with Gasteiger partial charge in [0.05, 0.1) is 18.2 Å². The van der Waals surface area contributed by atoms with Crippen LogP contribution in [0.1, 0.15) is 18.5 Å². The molecule has 2 aromatic rings. The zero-order valence-electron chi connectivity index (χ0n) is 14.7. The number of carbonyl (C=O) groups excluding carboxylic acids is 1. The van der Waals surface area contributed by atoms with E-state index in [1.807, 2.05) is 12.1 Å². The molecule has 0 aliphatic rings. The number of methoxy groups -OCH3 is 1. The van der Waals surface area contributed by atoms with Gasteiger partial charge in [-0.2, -0.15) is 5.10 Å². The molecule has 0 radical (unpaired) electrons. The second-order valence-electron chi connectivity index (χ2n) is 6.01. The van der Waals surface area contributed by atoms with E-state index in [0.717, 1.165) is 24.1 Å². The van der Waals surface area contributed by atoms with Crippen molar-refractivity contribution in [3.05, 3.63) is 41.8 Å². The van der Waals surface area contributed by atoms with Gasteiger partial charge in [-0.3, -0.25) is 9.89 Å². The lowest BCUT2D eigenvalue weighted by Gasteiger charge is -2.20. The number of amides is 1. The van der Waals surface area contributed by atoms with Crippen LogP contribution in [0.4, 0.5) is 4.39 Å². The number of nitrogens with two attached hydrogens (primary N) is 1. The zero-order valence-corrected chi connectivity index (χ0v) is 14.7. The van der Waals surface area contributed by atoms with Gasteiger partial charge in [0.2, 0.25) is 5.91 Å². The molecule has 0 aliphatic carbocycles. The highest BCUT2D eigenvalue weighted by molar-refractivity contribution is 5.76. The summed E-state index contributed by atoms with van der Waals surface area (Å²) in [6.07, 6.45) is 1.60. The molecule has 1 aromatic carbocycles. The van der Waals surface area contributed by atoms with Crippen LogP contribution >= 0.6 is 0 Å². The average molecular weight is 348 g/mol. The molecular weight excluding hydrogens is 323 g/mol. The number of halogens is 1. The number of nitrogens with one attached hydrogen (secondary N) is 1. The van der Waals surface area contributed by atoms with Crippen LogP contribution in [0.3, 0.4) is 0 Å². The Kier molecular flexibility index (Phi) is 7.09. The molecule has 0 bridgehead atoms. The van der Waals surface area contributed by atoms with Crippen molar-refractivity contribution in [2.24, 2.45) is 5.73 Å². The second kappa shape index (κ2) is 9.29. The molecule has 1 amide bonds. The largest absolute Gasteiger partial charge is 0.380 e. The summed E-state index contributed by atoms with van der Waals surface area (Å²) in [5.41, 5.74) is 7.94. The molecule has 2 rings (SSSR count). The van der Waals surface area contributed by atoms with Gasteiger partial charge in [0, 0.05) is 38.5 Å². The van der Waals surface area contributed by atoms with Crippen LogP contribution in [0, 0.1) is 5.82 Å². The Morgan fingerprint density at radius 3 is 2.92 bits per heavy atom. The third-order valence-electron chi connectivity index (χ3n) is 4.12.